The molecule has 1 aliphatic heterocycles. The SMILES string of the molecule is COc1ccccc1CN1CCNC(=O)C1CC(=O)N(C)CCO. The van der Waals surface area contributed by atoms with Crippen molar-refractivity contribution in [3.8, 4) is 5.75 Å². The third kappa shape index (κ3) is 4.46. The van der Waals surface area contributed by atoms with Gasteiger partial charge in [-0.05, 0) is 6.07 Å². The standard InChI is InChI=1S/C17H25N3O4/c1-19(9-10-21)16(22)11-14-17(23)18-7-8-20(14)12-13-5-3-4-6-15(13)24-2/h3-6,14,21H,7-12H2,1-2H3,(H,18,23). The number of methoxy groups -OCH3 is 1. The van der Waals surface area contributed by atoms with Crippen LogP contribution >= 0.6 is 0 Å². The van der Waals surface area contributed by atoms with Crippen molar-refractivity contribution in [1.82, 2.24) is 15.1 Å². The van der Waals surface area contributed by atoms with E-state index in [1.54, 1.807) is 14.2 Å². The Bertz CT molecular complexity index is 579. The molecule has 1 saturated heterocycles. The number of carbonyl (C=O) groups excluding carboxylic acids is 2. The van der Waals surface area contributed by atoms with Crippen molar-refractivity contribution in [2.75, 3.05) is 40.4 Å². The lowest BCUT2D eigenvalue weighted by molar-refractivity contribution is -0.138. The molecule has 1 atom stereocenters. The van der Waals surface area contributed by atoms with E-state index in [0.29, 0.717) is 19.6 Å². The topological polar surface area (TPSA) is 82.1 Å². The third-order valence-corrected chi connectivity index (χ3v) is 4.24. The molecule has 0 aliphatic carbocycles. The summed E-state index contributed by atoms with van der Waals surface area (Å²) in [6.45, 7) is 1.94. The fourth-order valence-corrected chi connectivity index (χ4v) is 2.82. The normalized spacial score (nSPS) is 18.1. The quantitative estimate of drug-likeness (QED) is 0.723. The lowest BCUT2D eigenvalue weighted by Crippen LogP contribution is -2.56. The summed E-state index contributed by atoms with van der Waals surface area (Å²) in [7, 11) is 3.25. The Hall–Kier alpha value is -2.12. The van der Waals surface area contributed by atoms with Crippen molar-refractivity contribution in [3.63, 3.8) is 0 Å². The number of likely N-dealkylation sites (N-methyl/N-ethyl adjacent to an activating group) is 1. The number of nitrogens with zero attached hydrogens (tertiary/aromatic N) is 2. The predicted octanol–water partition coefficient (Wildman–Crippen LogP) is -0.164. The number of aliphatic hydroxyl groups excluding tert-OH is 1. The van der Waals surface area contributed by atoms with Gasteiger partial charge in [0.25, 0.3) is 0 Å². The highest BCUT2D eigenvalue weighted by atomic mass is 16.5. The molecule has 1 aliphatic rings. The van der Waals surface area contributed by atoms with Crippen LogP contribution in [0.3, 0.4) is 0 Å². The number of benzene rings is 1. The molecule has 1 unspecified atom stereocenters. The van der Waals surface area contributed by atoms with Crippen LogP contribution in [0.1, 0.15) is 12.0 Å². The smallest absolute Gasteiger partial charge is 0.237 e. The summed E-state index contributed by atoms with van der Waals surface area (Å²) in [5.41, 5.74) is 0.982. The molecule has 0 saturated carbocycles. The van der Waals surface area contributed by atoms with Gasteiger partial charge in [0.2, 0.25) is 11.8 Å². The van der Waals surface area contributed by atoms with Crippen LogP contribution in [-0.2, 0) is 16.1 Å². The number of hydrogen-bond donors (Lipinski definition) is 2. The van der Waals surface area contributed by atoms with Crippen LogP contribution in [0, 0.1) is 0 Å². The van der Waals surface area contributed by atoms with Gasteiger partial charge in [-0.1, -0.05) is 18.2 Å². The molecule has 2 N–H and O–H groups in total. The van der Waals surface area contributed by atoms with Gasteiger partial charge in [0.1, 0.15) is 5.75 Å². The van der Waals surface area contributed by atoms with Crippen LogP contribution in [0.5, 0.6) is 5.75 Å². The molecule has 7 nitrogen and oxygen atoms in total. The molecule has 0 radical (unpaired) electrons. The molecule has 0 aromatic heterocycles. The first-order chi connectivity index (χ1) is 11.6. The molecule has 2 rings (SSSR count). The van der Waals surface area contributed by atoms with Crippen LogP contribution in [0.25, 0.3) is 0 Å². The number of hydrogen-bond acceptors (Lipinski definition) is 5. The zero-order chi connectivity index (χ0) is 17.5. The van der Waals surface area contributed by atoms with E-state index in [9.17, 15) is 9.59 Å². The molecular weight excluding hydrogens is 310 g/mol. The number of para-hydroxylation sites is 1. The fourth-order valence-electron chi connectivity index (χ4n) is 2.82. The van der Waals surface area contributed by atoms with Crippen LogP contribution in [0.4, 0.5) is 0 Å². The van der Waals surface area contributed by atoms with Crippen molar-refractivity contribution in [2.24, 2.45) is 0 Å². The first kappa shape index (κ1) is 18.2. The number of aliphatic hydroxyl groups is 1. The summed E-state index contributed by atoms with van der Waals surface area (Å²) in [4.78, 5) is 28.0. The summed E-state index contributed by atoms with van der Waals surface area (Å²) in [5.74, 6) is 0.476. The number of carbonyl (C=O) groups is 2. The minimum Gasteiger partial charge on any atom is -0.496 e. The first-order valence-corrected chi connectivity index (χ1v) is 8.05. The number of amides is 2. The second-order valence-electron chi connectivity index (χ2n) is 5.83. The Labute approximate surface area is 142 Å². The van der Waals surface area contributed by atoms with Crippen molar-refractivity contribution in [2.45, 2.75) is 19.0 Å². The fraction of sp³-hybridized carbons (Fsp3) is 0.529. The van der Waals surface area contributed by atoms with Gasteiger partial charge in [-0.2, -0.15) is 0 Å². The number of nitrogens with one attached hydrogen (secondary N) is 1. The average molecular weight is 335 g/mol. The van der Waals surface area contributed by atoms with Crippen LogP contribution in [0.2, 0.25) is 0 Å². The van der Waals surface area contributed by atoms with Gasteiger partial charge in [0.15, 0.2) is 0 Å². The van der Waals surface area contributed by atoms with Gasteiger partial charge in [-0.15, -0.1) is 0 Å². The monoisotopic (exact) mass is 335 g/mol. The maximum Gasteiger partial charge on any atom is 0.237 e. The molecule has 0 spiro atoms. The molecule has 24 heavy (non-hydrogen) atoms. The zero-order valence-electron chi connectivity index (χ0n) is 14.2. The summed E-state index contributed by atoms with van der Waals surface area (Å²) < 4.78 is 5.37. The van der Waals surface area contributed by atoms with Crippen molar-refractivity contribution in [3.05, 3.63) is 29.8 Å². The van der Waals surface area contributed by atoms with E-state index in [2.05, 4.69) is 5.32 Å². The highest BCUT2D eigenvalue weighted by molar-refractivity contribution is 5.88. The van der Waals surface area contributed by atoms with Gasteiger partial charge in [-0.3, -0.25) is 14.5 Å². The van der Waals surface area contributed by atoms with Gasteiger partial charge in [0.05, 0.1) is 26.2 Å². The van der Waals surface area contributed by atoms with Crippen molar-refractivity contribution < 1.29 is 19.4 Å². The Morgan fingerprint density at radius 3 is 2.92 bits per heavy atom. The number of rotatable bonds is 7. The van der Waals surface area contributed by atoms with E-state index in [-0.39, 0.29) is 31.4 Å². The minimum atomic E-state index is -0.516. The van der Waals surface area contributed by atoms with Crippen molar-refractivity contribution >= 4 is 11.8 Å². The Kier molecular flexibility index (Phi) is 6.57. The highest BCUT2D eigenvalue weighted by Gasteiger charge is 2.32. The maximum absolute atomic E-state index is 12.3. The Morgan fingerprint density at radius 2 is 2.21 bits per heavy atom. The Morgan fingerprint density at radius 1 is 1.46 bits per heavy atom. The van der Waals surface area contributed by atoms with Crippen LogP contribution in [-0.4, -0.2) is 73.2 Å². The molecule has 1 aromatic carbocycles. The number of ether oxygens (including phenoxy) is 1. The van der Waals surface area contributed by atoms with Gasteiger partial charge < -0.3 is 20.1 Å². The Balaban J connectivity index is 2.11. The predicted molar refractivity (Wildman–Crippen MR) is 89.5 cm³/mol. The molecule has 7 heteroatoms. The number of piperazine rings is 1. The van der Waals surface area contributed by atoms with E-state index in [1.807, 2.05) is 29.2 Å². The molecule has 0 bridgehead atoms. The lowest BCUT2D eigenvalue weighted by Gasteiger charge is -2.35. The largest absolute Gasteiger partial charge is 0.496 e. The zero-order valence-corrected chi connectivity index (χ0v) is 14.2. The molecule has 1 aromatic rings. The van der Waals surface area contributed by atoms with E-state index < -0.39 is 6.04 Å². The van der Waals surface area contributed by atoms with E-state index in [0.717, 1.165) is 11.3 Å². The van der Waals surface area contributed by atoms with E-state index in [4.69, 9.17) is 9.84 Å². The molecule has 1 heterocycles. The molecule has 1 fully saturated rings. The van der Waals surface area contributed by atoms with Gasteiger partial charge >= 0.3 is 0 Å². The van der Waals surface area contributed by atoms with E-state index >= 15 is 0 Å². The lowest BCUT2D eigenvalue weighted by atomic mass is 10.1. The first-order valence-electron chi connectivity index (χ1n) is 8.05. The second kappa shape index (κ2) is 8.65. The minimum absolute atomic E-state index is 0.0932. The maximum atomic E-state index is 12.3. The summed E-state index contributed by atoms with van der Waals surface area (Å²) in [6.07, 6.45) is 0.0947. The average Bonchev–Trinajstić information content (AvgIpc) is 2.58. The molecular formula is C17H25N3O4. The highest BCUT2D eigenvalue weighted by Crippen LogP contribution is 2.22. The summed E-state index contributed by atoms with van der Waals surface area (Å²) in [6, 6.07) is 7.15. The van der Waals surface area contributed by atoms with E-state index in [1.165, 1.54) is 4.90 Å². The third-order valence-electron chi connectivity index (χ3n) is 4.24. The van der Waals surface area contributed by atoms with Gasteiger partial charge in [0, 0.05) is 38.8 Å². The summed E-state index contributed by atoms with van der Waals surface area (Å²) >= 11 is 0. The molecule has 2 amide bonds. The second-order valence-corrected chi connectivity index (χ2v) is 5.83. The molecule has 132 valence electrons. The van der Waals surface area contributed by atoms with Crippen LogP contribution < -0.4 is 10.1 Å². The summed E-state index contributed by atoms with van der Waals surface area (Å²) in [5, 5.41) is 11.8. The van der Waals surface area contributed by atoms with Crippen LogP contribution in [0.15, 0.2) is 24.3 Å². The van der Waals surface area contributed by atoms with Crippen molar-refractivity contribution in [1.29, 1.82) is 0 Å². The van der Waals surface area contributed by atoms with Gasteiger partial charge in [-0.25, -0.2) is 0 Å².